The summed E-state index contributed by atoms with van der Waals surface area (Å²) in [5, 5.41) is 9.77. The molecule has 0 aliphatic heterocycles. The molecular formula is C25H17N5. The summed E-state index contributed by atoms with van der Waals surface area (Å²) < 4.78 is 0. The van der Waals surface area contributed by atoms with E-state index in [1.54, 1.807) is 6.20 Å². The van der Waals surface area contributed by atoms with Gasteiger partial charge in [0.2, 0.25) is 0 Å². The minimum Gasteiger partial charge on any atom is -0.353 e. The fourth-order valence-electron chi connectivity index (χ4n) is 3.95. The van der Waals surface area contributed by atoms with Gasteiger partial charge in [-0.1, -0.05) is 48.5 Å². The highest BCUT2D eigenvalue weighted by atomic mass is 15.2. The molecule has 0 bridgehead atoms. The van der Waals surface area contributed by atoms with Gasteiger partial charge in [-0.25, -0.2) is 4.98 Å². The smallest absolute Gasteiger partial charge is 0.155 e. The highest BCUT2D eigenvalue weighted by molar-refractivity contribution is 6.01. The molecule has 0 unspecified atom stereocenters. The number of fused-ring (bicyclic) bond motifs is 2. The van der Waals surface area contributed by atoms with Crippen molar-refractivity contribution in [3.05, 3.63) is 91.4 Å². The predicted molar refractivity (Wildman–Crippen MR) is 120 cm³/mol. The Morgan fingerprint density at radius 3 is 2.47 bits per heavy atom. The Hall–Kier alpha value is -4.25. The van der Waals surface area contributed by atoms with Gasteiger partial charge in [-0.3, -0.25) is 10.1 Å². The number of aromatic amines is 2. The third-order valence-electron chi connectivity index (χ3n) is 5.42. The van der Waals surface area contributed by atoms with Gasteiger partial charge in [-0.15, -0.1) is 0 Å². The largest absolute Gasteiger partial charge is 0.353 e. The van der Waals surface area contributed by atoms with E-state index in [9.17, 15) is 0 Å². The van der Waals surface area contributed by atoms with Crippen LogP contribution in [0.25, 0.3) is 55.6 Å². The van der Waals surface area contributed by atoms with E-state index in [-0.39, 0.29) is 0 Å². The number of benzene rings is 2. The van der Waals surface area contributed by atoms with Crippen LogP contribution >= 0.6 is 0 Å². The molecule has 0 saturated heterocycles. The van der Waals surface area contributed by atoms with Crippen molar-refractivity contribution in [1.82, 2.24) is 25.1 Å². The molecule has 2 aromatic carbocycles. The second-order valence-corrected chi connectivity index (χ2v) is 7.25. The SMILES string of the molecule is c1ccc(-c2cnc3[nH]nc(-c4cc5c(-c6cccnc6)cccc5[nH]4)c3c2)cc1. The van der Waals surface area contributed by atoms with E-state index in [4.69, 9.17) is 0 Å². The van der Waals surface area contributed by atoms with Crippen molar-refractivity contribution >= 4 is 21.9 Å². The first-order valence-electron chi connectivity index (χ1n) is 9.79. The second kappa shape index (κ2) is 6.67. The van der Waals surface area contributed by atoms with Gasteiger partial charge in [0.05, 0.1) is 5.69 Å². The summed E-state index contributed by atoms with van der Waals surface area (Å²) in [4.78, 5) is 12.4. The molecule has 0 aliphatic carbocycles. The van der Waals surface area contributed by atoms with Crippen LogP contribution in [0.5, 0.6) is 0 Å². The summed E-state index contributed by atoms with van der Waals surface area (Å²) in [6.07, 6.45) is 5.56. The summed E-state index contributed by atoms with van der Waals surface area (Å²) in [7, 11) is 0. The Labute approximate surface area is 172 Å². The van der Waals surface area contributed by atoms with E-state index in [1.807, 2.05) is 36.7 Å². The first-order valence-corrected chi connectivity index (χ1v) is 9.79. The third-order valence-corrected chi connectivity index (χ3v) is 5.42. The lowest BCUT2D eigenvalue weighted by Crippen LogP contribution is -1.82. The zero-order valence-corrected chi connectivity index (χ0v) is 16.0. The Balaban J connectivity index is 1.52. The van der Waals surface area contributed by atoms with Crippen LogP contribution in [0.15, 0.2) is 91.4 Å². The van der Waals surface area contributed by atoms with Crippen molar-refractivity contribution in [2.45, 2.75) is 0 Å². The van der Waals surface area contributed by atoms with Crippen molar-refractivity contribution in [3.8, 4) is 33.6 Å². The molecule has 30 heavy (non-hydrogen) atoms. The van der Waals surface area contributed by atoms with E-state index < -0.39 is 0 Å². The van der Waals surface area contributed by atoms with Crippen LogP contribution in [-0.4, -0.2) is 25.1 Å². The lowest BCUT2D eigenvalue weighted by Gasteiger charge is -2.02. The van der Waals surface area contributed by atoms with Gasteiger partial charge in [0.15, 0.2) is 5.65 Å². The molecule has 0 amide bonds. The number of nitrogens with zero attached hydrogens (tertiary/aromatic N) is 3. The predicted octanol–water partition coefficient (Wildman–Crippen LogP) is 5.84. The molecule has 142 valence electrons. The highest BCUT2D eigenvalue weighted by Gasteiger charge is 2.14. The Morgan fingerprint density at radius 2 is 1.60 bits per heavy atom. The standard InChI is InChI=1S/C25H17N5/c1-2-6-16(7-3-1)18-12-21-24(29-30-25(21)27-15-18)23-13-20-19(9-4-10-22(20)28-23)17-8-5-11-26-14-17/h1-15,28H,(H,27,29,30). The molecule has 0 radical (unpaired) electrons. The molecule has 4 heterocycles. The van der Waals surface area contributed by atoms with Gasteiger partial charge in [-0.2, -0.15) is 5.10 Å². The fraction of sp³-hybridized carbons (Fsp3) is 0. The van der Waals surface area contributed by atoms with Crippen LogP contribution in [-0.2, 0) is 0 Å². The first kappa shape index (κ1) is 16.7. The number of H-pyrrole nitrogens is 2. The normalized spacial score (nSPS) is 11.3. The van der Waals surface area contributed by atoms with Crippen LogP contribution in [0.3, 0.4) is 0 Å². The maximum Gasteiger partial charge on any atom is 0.155 e. The van der Waals surface area contributed by atoms with E-state index in [0.29, 0.717) is 0 Å². The summed E-state index contributed by atoms with van der Waals surface area (Å²) >= 11 is 0. The fourth-order valence-corrected chi connectivity index (χ4v) is 3.95. The monoisotopic (exact) mass is 387 g/mol. The second-order valence-electron chi connectivity index (χ2n) is 7.25. The van der Waals surface area contributed by atoms with Crippen LogP contribution in [0.2, 0.25) is 0 Å². The van der Waals surface area contributed by atoms with Gasteiger partial charge >= 0.3 is 0 Å². The molecule has 5 nitrogen and oxygen atoms in total. The average molecular weight is 387 g/mol. The lowest BCUT2D eigenvalue weighted by molar-refractivity contribution is 1.10. The third kappa shape index (κ3) is 2.68. The average Bonchev–Trinajstić information content (AvgIpc) is 3.43. The van der Waals surface area contributed by atoms with E-state index in [2.05, 4.69) is 73.7 Å². The molecule has 0 spiro atoms. The molecule has 6 aromatic rings. The summed E-state index contributed by atoms with van der Waals surface area (Å²) in [6, 6.07) is 24.9. The van der Waals surface area contributed by atoms with Gasteiger partial charge in [0.25, 0.3) is 0 Å². The van der Waals surface area contributed by atoms with E-state index in [1.165, 1.54) is 0 Å². The molecule has 4 aromatic heterocycles. The number of aromatic nitrogens is 5. The molecule has 6 rings (SSSR count). The van der Waals surface area contributed by atoms with Crippen LogP contribution < -0.4 is 0 Å². The quantitative estimate of drug-likeness (QED) is 0.401. The molecule has 0 aliphatic rings. The number of nitrogens with one attached hydrogen (secondary N) is 2. The molecular weight excluding hydrogens is 370 g/mol. The highest BCUT2D eigenvalue weighted by Crippen LogP contribution is 2.34. The summed E-state index contributed by atoms with van der Waals surface area (Å²) in [5.74, 6) is 0. The van der Waals surface area contributed by atoms with Crippen molar-refractivity contribution in [2.24, 2.45) is 0 Å². The van der Waals surface area contributed by atoms with Gasteiger partial charge < -0.3 is 4.98 Å². The zero-order chi connectivity index (χ0) is 19.9. The van der Waals surface area contributed by atoms with Crippen LogP contribution in [0.4, 0.5) is 0 Å². The van der Waals surface area contributed by atoms with Gasteiger partial charge in [-0.05, 0) is 35.4 Å². The van der Waals surface area contributed by atoms with Crippen molar-refractivity contribution < 1.29 is 0 Å². The summed E-state index contributed by atoms with van der Waals surface area (Å²) in [6.45, 7) is 0. The molecule has 0 fully saturated rings. The molecule has 5 heteroatoms. The van der Waals surface area contributed by atoms with Crippen molar-refractivity contribution in [1.29, 1.82) is 0 Å². The van der Waals surface area contributed by atoms with Crippen LogP contribution in [0, 0.1) is 0 Å². The number of hydrogen-bond donors (Lipinski definition) is 2. The molecule has 2 N–H and O–H groups in total. The van der Waals surface area contributed by atoms with Gasteiger partial charge in [0, 0.05) is 46.0 Å². The maximum atomic E-state index is 4.58. The maximum absolute atomic E-state index is 4.58. The first-order chi connectivity index (χ1) is 14.9. The van der Waals surface area contributed by atoms with E-state index in [0.717, 1.165) is 55.6 Å². The Morgan fingerprint density at radius 1 is 0.700 bits per heavy atom. The minimum atomic E-state index is 0.774. The zero-order valence-electron chi connectivity index (χ0n) is 16.0. The minimum absolute atomic E-state index is 0.774. The molecule has 0 atom stereocenters. The van der Waals surface area contributed by atoms with Gasteiger partial charge in [0.1, 0.15) is 5.69 Å². The lowest BCUT2D eigenvalue weighted by atomic mass is 10.0. The topological polar surface area (TPSA) is 70.2 Å². The number of pyridine rings is 2. The van der Waals surface area contributed by atoms with Crippen molar-refractivity contribution in [2.75, 3.05) is 0 Å². The van der Waals surface area contributed by atoms with Crippen LogP contribution in [0.1, 0.15) is 0 Å². The Bertz CT molecular complexity index is 1480. The number of hydrogen-bond acceptors (Lipinski definition) is 3. The number of rotatable bonds is 3. The van der Waals surface area contributed by atoms with E-state index >= 15 is 0 Å². The molecule has 0 saturated carbocycles. The Kier molecular flexibility index (Phi) is 3.71. The van der Waals surface area contributed by atoms with Crippen molar-refractivity contribution in [3.63, 3.8) is 0 Å². The summed E-state index contributed by atoms with van der Waals surface area (Å²) in [5.41, 5.74) is 8.10.